The Morgan fingerprint density at radius 3 is 2.69 bits per heavy atom. The second-order valence-electron chi connectivity index (χ2n) is 8.14. The molecular weight excluding hydrogens is 510 g/mol. The first kappa shape index (κ1) is 25.1. The van der Waals surface area contributed by atoms with Gasteiger partial charge in [-0.25, -0.2) is 13.4 Å². The predicted octanol–water partition coefficient (Wildman–Crippen LogP) is 3.61. The smallest absolute Gasteiger partial charge is 0.264 e. The highest BCUT2D eigenvalue weighted by Crippen LogP contribution is 2.36. The zero-order valence-corrected chi connectivity index (χ0v) is 21.7. The summed E-state index contributed by atoms with van der Waals surface area (Å²) in [5.41, 5.74) is 9.19. The number of carbonyl (C=O) groups excluding carboxylic acids is 1. The van der Waals surface area contributed by atoms with Gasteiger partial charge in [-0.1, -0.05) is 29.8 Å². The van der Waals surface area contributed by atoms with E-state index in [9.17, 15) is 13.2 Å². The van der Waals surface area contributed by atoms with Gasteiger partial charge in [0.15, 0.2) is 14.7 Å². The minimum absolute atomic E-state index is 0.0996. The Kier molecular flexibility index (Phi) is 7.13. The number of fused-ring (bicyclic) bond motifs is 1. The van der Waals surface area contributed by atoms with Crippen molar-refractivity contribution in [1.29, 1.82) is 0 Å². The van der Waals surface area contributed by atoms with Gasteiger partial charge in [0, 0.05) is 29.6 Å². The SMILES string of the molecule is CNCc1ccc(C(C)Oc2nc(-c3cnc4ccc(CS(C)(=O)=O)cn34)sc2C(N)=O)c(Cl)c1. The van der Waals surface area contributed by atoms with Crippen LogP contribution in [0.1, 0.15) is 39.4 Å². The minimum Gasteiger partial charge on any atom is -0.469 e. The van der Waals surface area contributed by atoms with Gasteiger partial charge in [0.05, 0.1) is 11.9 Å². The van der Waals surface area contributed by atoms with Crippen LogP contribution in [0.25, 0.3) is 16.3 Å². The molecule has 35 heavy (non-hydrogen) atoms. The monoisotopic (exact) mass is 533 g/mol. The van der Waals surface area contributed by atoms with E-state index in [-0.39, 0.29) is 16.5 Å². The van der Waals surface area contributed by atoms with E-state index >= 15 is 0 Å². The van der Waals surface area contributed by atoms with E-state index in [1.165, 1.54) is 6.26 Å². The number of benzene rings is 1. The topological polar surface area (TPSA) is 129 Å². The molecule has 0 saturated heterocycles. The first-order chi connectivity index (χ1) is 16.6. The zero-order chi connectivity index (χ0) is 25.3. The Hall–Kier alpha value is -2.99. The fourth-order valence-electron chi connectivity index (χ4n) is 3.67. The quantitative estimate of drug-likeness (QED) is 0.336. The molecule has 4 rings (SSSR count). The summed E-state index contributed by atoms with van der Waals surface area (Å²) in [5, 5.41) is 4.08. The Bertz CT molecular complexity index is 1510. The molecule has 4 aromatic rings. The summed E-state index contributed by atoms with van der Waals surface area (Å²) in [4.78, 5) is 21.2. The molecule has 12 heteroatoms. The lowest BCUT2D eigenvalue weighted by atomic mass is 10.1. The zero-order valence-electron chi connectivity index (χ0n) is 19.3. The van der Waals surface area contributed by atoms with Gasteiger partial charge >= 0.3 is 0 Å². The third kappa shape index (κ3) is 5.64. The summed E-state index contributed by atoms with van der Waals surface area (Å²) in [5.74, 6) is -0.675. The van der Waals surface area contributed by atoms with Crippen molar-refractivity contribution in [1.82, 2.24) is 19.7 Å². The molecule has 1 unspecified atom stereocenters. The summed E-state index contributed by atoms with van der Waals surface area (Å²) in [6.45, 7) is 2.50. The molecule has 0 saturated carbocycles. The molecule has 0 bridgehead atoms. The molecule has 1 amide bonds. The van der Waals surface area contributed by atoms with Crippen molar-refractivity contribution in [3.63, 3.8) is 0 Å². The Labute approximate surface area is 211 Å². The number of aromatic nitrogens is 3. The highest BCUT2D eigenvalue weighted by Gasteiger charge is 2.23. The number of carbonyl (C=O) groups is 1. The van der Waals surface area contributed by atoms with Crippen LogP contribution >= 0.6 is 22.9 Å². The standard InChI is InChI=1S/C23H24ClN5O4S2/c1-13(16-6-4-14(9-26-2)8-17(16)24)33-22-20(21(25)30)34-23(28-22)18-10-27-19-7-5-15(11-29(18)19)12-35(3,31)32/h4-8,10-11,13,26H,9,12H2,1-3H3,(H2,25,30). The number of primary amides is 1. The van der Waals surface area contributed by atoms with Crippen LogP contribution in [0.15, 0.2) is 42.7 Å². The number of nitrogens with zero attached hydrogens (tertiary/aromatic N) is 3. The third-order valence-corrected chi connectivity index (χ3v) is 7.47. The van der Waals surface area contributed by atoms with Crippen molar-refractivity contribution in [2.24, 2.45) is 5.73 Å². The van der Waals surface area contributed by atoms with Crippen molar-refractivity contribution < 1.29 is 17.9 Å². The summed E-state index contributed by atoms with van der Waals surface area (Å²) >= 11 is 7.55. The number of nitrogens with two attached hydrogens (primary N) is 1. The molecule has 0 spiro atoms. The minimum atomic E-state index is -3.21. The lowest BCUT2D eigenvalue weighted by molar-refractivity contribution is 0.0997. The van der Waals surface area contributed by atoms with E-state index in [2.05, 4.69) is 15.3 Å². The van der Waals surface area contributed by atoms with Gasteiger partial charge in [-0.2, -0.15) is 4.98 Å². The van der Waals surface area contributed by atoms with Gasteiger partial charge in [-0.15, -0.1) is 11.3 Å². The number of hydrogen-bond donors (Lipinski definition) is 2. The molecule has 0 radical (unpaired) electrons. The number of imidazole rings is 1. The lowest BCUT2D eigenvalue weighted by Crippen LogP contribution is -2.13. The number of amides is 1. The van der Waals surface area contributed by atoms with Crippen LogP contribution in [0.4, 0.5) is 0 Å². The van der Waals surface area contributed by atoms with E-state index in [1.807, 2.05) is 32.2 Å². The van der Waals surface area contributed by atoms with Gasteiger partial charge in [0.25, 0.3) is 5.91 Å². The van der Waals surface area contributed by atoms with Crippen molar-refractivity contribution in [2.45, 2.75) is 25.3 Å². The van der Waals surface area contributed by atoms with E-state index in [1.54, 1.807) is 28.9 Å². The molecule has 3 N–H and O–H groups in total. The van der Waals surface area contributed by atoms with Crippen LogP contribution < -0.4 is 15.8 Å². The molecule has 1 atom stereocenters. The van der Waals surface area contributed by atoms with Gasteiger partial charge in [-0.05, 0) is 37.2 Å². The number of pyridine rings is 1. The van der Waals surface area contributed by atoms with Crippen molar-refractivity contribution in [3.8, 4) is 16.6 Å². The second kappa shape index (κ2) is 9.94. The average molecular weight is 534 g/mol. The first-order valence-corrected chi connectivity index (χ1v) is 13.9. The maximum atomic E-state index is 12.2. The van der Waals surface area contributed by atoms with Crippen LogP contribution in [-0.4, -0.2) is 42.0 Å². The molecule has 1 aromatic carbocycles. The Morgan fingerprint density at radius 2 is 2.03 bits per heavy atom. The van der Waals surface area contributed by atoms with Crippen LogP contribution in [0.3, 0.4) is 0 Å². The van der Waals surface area contributed by atoms with E-state index in [4.69, 9.17) is 22.1 Å². The predicted molar refractivity (Wildman–Crippen MR) is 137 cm³/mol. The number of nitrogens with one attached hydrogen (secondary N) is 1. The van der Waals surface area contributed by atoms with Crippen molar-refractivity contribution in [3.05, 3.63) is 69.3 Å². The highest BCUT2D eigenvalue weighted by atomic mass is 35.5. The maximum absolute atomic E-state index is 12.2. The molecular formula is C23H24ClN5O4S2. The molecule has 3 heterocycles. The number of rotatable bonds is 9. The van der Waals surface area contributed by atoms with Crippen LogP contribution in [0, 0.1) is 0 Å². The maximum Gasteiger partial charge on any atom is 0.264 e. The van der Waals surface area contributed by atoms with Crippen LogP contribution in [0.5, 0.6) is 5.88 Å². The van der Waals surface area contributed by atoms with E-state index in [0.717, 1.165) is 22.5 Å². The largest absolute Gasteiger partial charge is 0.469 e. The van der Waals surface area contributed by atoms with Gasteiger partial charge < -0.3 is 15.8 Å². The lowest BCUT2D eigenvalue weighted by Gasteiger charge is -2.16. The number of thiazole rings is 1. The molecule has 0 aliphatic rings. The Morgan fingerprint density at radius 1 is 1.29 bits per heavy atom. The van der Waals surface area contributed by atoms with Crippen LogP contribution in [-0.2, 0) is 22.1 Å². The number of halogens is 1. The van der Waals surface area contributed by atoms with E-state index < -0.39 is 21.8 Å². The summed E-state index contributed by atoms with van der Waals surface area (Å²) in [6.07, 6.45) is 3.98. The van der Waals surface area contributed by atoms with Gasteiger partial charge in [0.2, 0.25) is 5.88 Å². The third-order valence-electron chi connectivity index (χ3n) is 5.21. The number of sulfone groups is 1. The highest BCUT2D eigenvalue weighted by molar-refractivity contribution is 7.89. The first-order valence-electron chi connectivity index (χ1n) is 10.6. The molecule has 0 fully saturated rings. The summed E-state index contributed by atoms with van der Waals surface area (Å²) in [6, 6.07) is 9.13. The average Bonchev–Trinajstić information content (AvgIpc) is 3.36. The number of hydrogen-bond acceptors (Lipinski definition) is 8. The molecule has 0 aliphatic carbocycles. The fraction of sp³-hybridized carbons (Fsp3) is 0.261. The summed E-state index contributed by atoms with van der Waals surface area (Å²) in [7, 11) is -1.36. The summed E-state index contributed by atoms with van der Waals surface area (Å²) < 4.78 is 31.2. The van der Waals surface area contributed by atoms with Crippen LogP contribution in [0.2, 0.25) is 5.02 Å². The Balaban J connectivity index is 1.68. The van der Waals surface area contributed by atoms with Gasteiger partial charge in [-0.3, -0.25) is 9.20 Å². The number of ether oxygens (including phenoxy) is 1. The normalized spacial score (nSPS) is 12.7. The van der Waals surface area contributed by atoms with Crippen molar-refractivity contribution >= 4 is 44.3 Å². The second-order valence-corrected chi connectivity index (χ2v) is 11.7. The molecule has 0 aliphatic heterocycles. The fourth-order valence-corrected chi connectivity index (χ4v) is 5.66. The van der Waals surface area contributed by atoms with E-state index in [0.29, 0.717) is 33.5 Å². The molecule has 3 aromatic heterocycles. The molecule has 184 valence electrons. The van der Waals surface area contributed by atoms with Crippen molar-refractivity contribution in [2.75, 3.05) is 13.3 Å². The van der Waals surface area contributed by atoms with Gasteiger partial charge in [0.1, 0.15) is 22.5 Å². The molecule has 9 nitrogen and oxygen atoms in total.